The molecule has 6 atom stereocenters. The van der Waals surface area contributed by atoms with E-state index in [9.17, 15) is 46.0 Å². The van der Waals surface area contributed by atoms with Crippen LogP contribution in [0.3, 0.4) is 0 Å². The van der Waals surface area contributed by atoms with Crippen LogP contribution < -0.4 is 0 Å². The third-order valence-corrected chi connectivity index (χ3v) is 20.1. The van der Waals surface area contributed by atoms with Gasteiger partial charge < -0.3 is 46.0 Å². The van der Waals surface area contributed by atoms with Gasteiger partial charge in [-0.15, -0.1) is 0 Å². The fourth-order valence-electron chi connectivity index (χ4n) is 10.2. The minimum atomic E-state index is -0.718. The number of hydrogen-bond donors (Lipinski definition) is 9. The Hall–Kier alpha value is 8.63. The van der Waals surface area contributed by atoms with E-state index in [0.717, 1.165) is 167 Å². The van der Waals surface area contributed by atoms with Crippen LogP contribution in [0.5, 0.6) is 0 Å². The van der Waals surface area contributed by atoms with Gasteiger partial charge in [-0.2, -0.15) is 0 Å². The van der Waals surface area contributed by atoms with Crippen molar-refractivity contribution in [3.63, 3.8) is 0 Å². The molecule has 0 bridgehead atoms. The van der Waals surface area contributed by atoms with Gasteiger partial charge in [0.05, 0.1) is 16.8 Å². The van der Waals surface area contributed by atoms with Crippen LogP contribution in [0, 0.1) is 380 Å². The topological polar surface area (TPSA) is 293 Å². The first kappa shape index (κ1) is 163. The van der Waals surface area contributed by atoms with Crippen molar-refractivity contribution in [1.82, 2.24) is 0 Å². The zero-order valence-electron chi connectivity index (χ0n) is 77.6. The summed E-state index contributed by atoms with van der Waals surface area (Å²) in [7, 11) is 5.14. The van der Waals surface area contributed by atoms with E-state index in [4.69, 9.17) is 0 Å². The van der Waals surface area contributed by atoms with Crippen molar-refractivity contribution < 1.29 is 408 Å². The Morgan fingerprint density at radius 2 is 0.450 bits per heavy atom. The van der Waals surface area contributed by atoms with Crippen molar-refractivity contribution >= 4 is 51.4 Å². The molecule has 744 valence electrons. The molecule has 0 aliphatic rings. The van der Waals surface area contributed by atoms with Gasteiger partial charge in [-0.05, 0) is 240 Å². The van der Waals surface area contributed by atoms with Crippen molar-refractivity contribution in [1.29, 1.82) is 0 Å². The molecule has 111 heavy (non-hydrogen) atoms. The predicted molar refractivity (Wildman–Crippen MR) is 456 cm³/mol. The van der Waals surface area contributed by atoms with Crippen LogP contribution in [0.2, 0.25) is 0 Å². The molecule has 0 amide bonds. The molecule has 0 aromatic rings. The van der Waals surface area contributed by atoms with Gasteiger partial charge in [-0.3, -0.25) is 44.9 Å². The summed E-state index contributed by atoms with van der Waals surface area (Å²) in [6.45, 7) is 79.0. The van der Waals surface area contributed by atoms with Crippen molar-refractivity contribution in [3.8, 4) is 0 Å². The molecular formula is C84H177Lu6N9O9Yb3. The fraction of sp³-hybridized carbons (Fsp3) is 0.893. The summed E-state index contributed by atoms with van der Waals surface area (Å²) in [6, 6.07) is 0.805. The first-order chi connectivity index (χ1) is 46.5. The average Bonchev–Trinajstić information content (AvgIpc) is 0.830. The van der Waals surface area contributed by atoms with Gasteiger partial charge in [0, 0.05) is 472 Å². The van der Waals surface area contributed by atoms with Gasteiger partial charge in [0.1, 0.15) is 33.6 Å². The first-order valence-electron chi connectivity index (χ1n) is 39.5. The molecule has 0 rings (SSSR count). The maximum absolute atomic E-state index is 10.5. The minimum absolute atomic E-state index is 0. The molecule has 27 heteroatoms. The molecule has 0 aromatic carbocycles. The molecule has 0 heterocycles. The van der Waals surface area contributed by atoms with Crippen LogP contribution in [0.4, 0.5) is 0 Å². The van der Waals surface area contributed by atoms with Crippen LogP contribution in [-0.2, 0) is 0 Å². The average molecular weight is 3030 g/mol. The second-order valence-electron chi connectivity index (χ2n) is 29.6. The number of rotatable bonds is 33. The maximum atomic E-state index is 10.5. The number of aliphatic imine (C=N–C) groups is 9. The van der Waals surface area contributed by atoms with Gasteiger partial charge in [0.15, 0.2) is 0 Å². The monoisotopic (exact) mass is 3030 g/mol. The van der Waals surface area contributed by atoms with Crippen LogP contribution in [0.15, 0.2) is 44.9 Å². The Kier molecular flexibility index (Phi) is 133. The third kappa shape index (κ3) is 75.1. The van der Waals surface area contributed by atoms with E-state index >= 15 is 0 Å². The fourth-order valence-corrected chi connectivity index (χ4v) is 10.2. The Bertz CT molecular complexity index is 2420. The zero-order valence-corrected chi connectivity index (χ0v) is 92.7. The van der Waals surface area contributed by atoms with E-state index in [1.807, 2.05) is 215 Å². The minimum Gasteiger partial charge on any atom is -0.384 e. The summed E-state index contributed by atoms with van der Waals surface area (Å²) in [5, 5.41) is 89.5. The van der Waals surface area contributed by atoms with Gasteiger partial charge >= 0.3 is 0 Å². The van der Waals surface area contributed by atoms with E-state index in [-0.39, 0.29) is 398 Å². The molecular weight excluding hydrogens is 2850 g/mol. The largest absolute Gasteiger partial charge is 0.384 e. The summed E-state index contributed by atoms with van der Waals surface area (Å²) < 4.78 is 0. The van der Waals surface area contributed by atoms with Crippen LogP contribution in [0.25, 0.3) is 0 Å². The summed E-state index contributed by atoms with van der Waals surface area (Å²) >= 11 is 0. The normalized spacial score (nSPS) is 15.5. The van der Waals surface area contributed by atoms with E-state index in [1.165, 1.54) is 0 Å². The second-order valence-corrected chi connectivity index (χ2v) is 29.6. The smallest absolute Gasteiger partial charge is 0.104 e. The van der Waals surface area contributed by atoms with Crippen molar-refractivity contribution in [3.05, 3.63) is 0 Å². The van der Waals surface area contributed by atoms with E-state index in [2.05, 4.69) is 79.6 Å². The molecule has 6 radical (unpaired) electrons. The molecule has 0 fully saturated rings. The molecule has 0 spiro atoms. The molecule has 18 nitrogen and oxygen atoms in total. The van der Waals surface area contributed by atoms with E-state index in [0.29, 0.717) is 0 Å². The summed E-state index contributed by atoms with van der Waals surface area (Å²) in [5.74, 6) is 0.703. The Labute approximate surface area is 978 Å². The number of hydrogen-bond acceptors (Lipinski definition) is 18. The molecule has 0 aliphatic carbocycles. The van der Waals surface area contributed by atoms with Gasteiger partial charge in [-0.25, -0.2) is 0 Å². The van der Waals surface area contributed by atoms with Gasteiger partial charge in [0.2, 0.25) is 0 Å². The van der Waals surface area contributed by atoms with Crippen LogP contribution in [-0.4, -0.2) is 207 Å². The van der Waals surface area contributed by atoms with Crippen molar-refractivity contribution in [2.24, 2.45) is 62.7 Å². The second kappa shape index (κ2) is 90.6. The Balaban J connectivity index is -0.0000000544. The van der Waals surface area contributed by atoms with Crippen molar-refractivity contribution in [2.75, 3.05) is 40.8 Å². The van der Waals surface area contributed by atoms with Gasteiger partial charge in [-0.1, -0.05) is 144 Å². The number of aliphatic hydroxyl groups is 9. The quantitative estimate of drug-likeness (QED) is 0.0282. The summed E-state index contributed by atoms with van der Waals surface area (Å²) in [6.07, 6.45) is 12.0. The predicted octanol–water partition coefficient (Wildman–Crippen LogP) is 18.9. The van der Waals surface area contributed by atoms with Crippen LogP contribution >= 0.6 is 0 Å². The Morgan fingerprint density at radius 1 is 0.252 bits per heavy atom. The third-order valence-electron chi connectivity index (χ3n) is 20.1. The molecule has 0 saturated heterocycles. The molecule has 0 saturated carbocycles. The molecule has 9 N–H and O–H groups in total. The molecule has 0 aliphatic heterocycles. The summed E-state index contributed by atoms with van der Waals surface area (Å²) in [4.78, 5) is 37.7. The number of nitrogens with zero attached hydrogens (tertiary/aromatic N) is 9. The van der Waals surface area contributed by atoms with E-state index in [1.54, 1.807) is 41.9 Å². The van der Waals surface area contributed by atoms with E-state index < -0.39 is 50.4 Å². The Morgan fingerprint density at radius 3 is 0.658 bits per heavy atom. The van der Waals surface area contributed by atoms with Gasteiger partial charge in [0.25, 0.3) is 0 Å². The first-order valence-corrected chi connectivity index (χ1v) is 39.5. The zero-order chi connectivity index (χ0) is 83.3. The molecule has 0 aromatic heterocycles. The molecule has 6 unspecified atom stereocenters. The SMILES string of the molecule is CCC(C)(O)C(C)=NC.CCC(C)(O)C(C)=NC(C)C.CCC(O)(CC)C(C)=NC.CCC(O)(CC)C(C)=NC(C)C.CCCC(O)(C(C)=NC(C)C)C(C)C.CCCC(O)(C(C)=NC)C(C)C.CCCC(O)(C(C)=NCC)C(C)C.CCN=C(C)C(C)(O)CC.CCN=C(C)C(O)(CC)CC.[Lu].[Lu].[Lu].[Lu].[Lu].[Lu].[Yb].[Yb].[Yb]. The van der Waals surface area contributed by atoms with Crippen LogP contribution in [0.1, 0.15) is 366 Å². The van der Waals surface area contributed by atoms with Crippen molar-refractivity contribution in [2.45, 2.75) is 435 Å². The summed E-state index contributed by atoms with van der Waals surface area (Å²) in [5.41, 5.74) is 1.43. The standard InChI is InChI=1S/C12H25NO.C11H23NO.2C10H21NO.2C9H19NO.2C8H17NO.C7H15NO.6Lu.3Yb/c1-7-8-12(14,9(2)3)11(6)13-10(4)5;1-6-8-11(13,9(3)4)10(5)12-7-2;1-6-7-10(12,8(2)3)9(4)11-5;1-6-10(12,7-2)9(5)11-8(3)4;1-6-9(5,11)8(4)10-7(2)3;1-5-9(11,6-2)8(4)10-7-3;1-5-8(10,6-2)7(3)9-4;1-5-8(4,10)7(3)9-6-2;1-5-7(3,9)6(2)8-4;;;;;;;;;/h9-10,14H,7-8H2,1-6H3;9,13H,6-8H2,1-5H3;2*8,12H,6-7H2,1-5H3;7,11H,6H2,1-5H3;11H,5-7H2,1-4H3;2*10H,5-6H2,1-4H3;9H,5H2,1-4H3;;;;;;;;;. The maximum Gasteiger partial charge on any atom is 0.104 e.